The maximum atomic E-state index is 13.6. The topological polar surface area (TPSA) is 201 Å². The van der Waals surface area contributed by atoms with E-state index in [0.717, 1.165) is 0 Å². The Morgan fingerprint density at radius 3 is 1.31 bits per heavy atom. The molecule has 6 aliphatic rings. The summed E-state index contributed by atoms with van der Waals surface area (Å²) in [6.45, 7) is 28.8. The maximum Gasteiger partial charge on any atom is 0.331 e. The number of nitrogens with zero attached hydrogens (tertiary/aromatic N) is 4. The van der Waals surface area contributed by atoms with Gasteiger partial charge in [0.25, 0.3) is 17.1 Å². The number of aliphatic hydroxyl groups excluding tert-OH is 2. The van der Waals surface area contributed by atoms with Crippen molar-refractivity contribution in [3.63, 3.8) is 0 Å². The minimum Gasteiger partial charge on any atom is -0.400 e. The van der Waals surface area contributed by atoms with E-state index in [1.54, 1.807) is 0 Å². The molecular weight excluding hydrogens is 988 g/mol. The van der Waals surface area contributed by atoms with Crippen molar-refractivity contribution in [3.05, 3.63) is 22.8 Å². The Labute approximate surface area is 434 Å². The van der Waals surface area contributed by atoms with Crippen LogP contribution in [0, 0.1) is 25.0 Å². The highest BCUT2D eigenvalue weighted by molar-refractivity contribution is 7.54. The van der Waals surface area contributed by atoms with E-state index in [1.165, 1.54) is 14.2 Å². The highest BCUT2D eigenvalue weighted by atomic mass is 31.2. The van der Waals surface area contributed by atoms with E-state index in [1.807, 2.05) is 0 Å². The van der Waals surface area contributed by atoms with Gasteiger partial charge in [0.15, 0.2) is 0 Å². The van der Waals surface area contributed by atoms with Crippen molar-refractivity contribution in [2.75, 3.05) is 92.4 Å². The Morgan fingerprint density at radius 1 is 0.643 bits per heavy atom. The monoisotopic (exact) mass is 1090 g/mol. The summed E-state index contributed by atoms with van der Waals surface area (Å²) in [7, 11) is -7.45. The molecule has 0 spiro atoms. The summed E-state index contributed by atoms with van der Waals surface area (Å²) < 4.78 is 161. The number of hydrogen-bond donors (Lipinski definition) is 2. The normalized spacial score (nSPS) is 39.9. The number of hydrogen-bond acceptors (Lipinski definition) is 18. The van der Waals surface area contributed by atoms with Gasteiger partial charge in [0.1, 0.15) is 13.2 Å². The minimum absolute atomic E-state index is 0.0785. The van der Waals surface area contributed by atoms with Gasteiger partial charge in [-0.05, 0) is 94.9 Å². The molecule has 0 bridgehead atoms. The first-order chi connectivity index (χ1) is 37.0. The minimum atomic E-state index is -3.51. The third-order valence-electron chi connectivity index (χ3n) is 11.7. The molecule has 70 heavy (non-hydrogen) atoms. The Kier molecular flexibility index (Phi) is 24.4. The molecule has 0 aromatic carbocycles. The van der Waals surface area contributed by atoms with Crippen LogP contribution in [-0.2, 0) is 64.3 Å². The number of ether oxygens (including phenoxy) is 4. The zero-order valence-electron chi connectivity index (χ0n) is 50.8. The van der Waals surface area contributed by atoms with Gasteiger partial charge in [0.05, 0.1) is 79.9 Å². The van der Waals surface area contributed by atoms with Gasteiger partial charge >= 0.3 is 15.2 Å². The van der Waals surface area contributed by atoms with Gasteiger partial charge in [-0.3, -0.25) is 9.13 Å². The molecule has 20 nitrogen and oxygen atoms in total. The lowest BCUT2D eigenvalue weighted by molar-refractivity contribution is -0.00664. The quantitative estimate of drug-likeness (QED) is 0.0591. The van der Waals surface area contributed by atoms with Crippen LogP contribution in [0.4, 0.5) is 0 Å². The van der Waals surface area contributed by atoms with Crippen LogP contribution in [-0.4, -0.2) is 188 Å². The zero-order valence-corrected chi connectivity index (χ0v) is 46.4. The van der Waals surface area contributed by atoms with Gasteiger partial charge in [-0.25, -0.2) is 22.5 Å². The van der Waals surface area contributed by atoms with E-state index in [4.69, 9.17) is 79.4 Å². The highest BCUT2D eigenvalue weighted by Crippen LogP contribution is 2.59. The summed E-state index contributed by atoms with van der Waals surface area (Å²) in [5.41, 5.74) is 0. The number of rotatable bonds is 22. The van der Waals surface area contributed by atoms with E-state index in [9.17, 15) is 9.13 Å². The van der Waals surface area contributed by atoms with Crippen molar-refractivity contribution in [2.24, 2.45) is 11.8 Å². The third kappa shape index (κ3) is 19.7. The fourth-order valence-corrected chi connectivity index (χ4v) is 16.6. The third-order valence-corrected chi connectivity index (χ3v) is 20.1. The van der Waals surface area contributed by atoms with Crippen LogP contribution >= 0.6 is 32.2 Å². The molecule has 2 unspecified atom stereocenters. The van der Waals surface area contributed by atoms with Gasteiger partial charge in [-0.2, -0.15) is 0 Å². The first kappa shape index (κ1) is 51.8. The molecule has 408 valence electrons. The summed E-state index contributed by atoms with van der Waals surface area (Å²) in [5, 5.41) is 7.00. The molecule has 0 aromatic rings. The summed E-state index contributed by atoms with van der Waals surface area (Å²) >= 11 is 0. The SMILES string of the molecule is [2H]C[C@H]1O[C@H]([3H])C[C@@H]1O[P@@]1(=O)C[C@H]([C@H]2O[C@H]([3H])C[C@@H]2OP(OCC[N+]#[C-])N(C(C)C)C(C)C)CCO1.[2H]C[C@H]1O[C@H]([3H])C[C@@H]1O[P@]1(=O)C[C@H]([C@H]2O[C@H]([3H])C[C@@H]2OP(OCC[N+]#[C-])N(C(C)C)C(C)C)CCO1.[3H]OC.[3H]OC. The van der Waals surface area contributed by atoms with Gasteiger partial charge in [0, 0.05) is 92.1 Å². The molecule has 6 rings (SSSR count). The predicted molar refractivity (Wildman–Crippen MR) is 271 cm³/mol. The van der Waals surface area contributed by atoms with Crippen LogP contribution in [0.25, 0.3) is 9.69 Å². The molecule has 0 saturated carbocycles. The van der Waals surface area contributed by atoms with Crippen LogP contribution in [0.3, 0.4) is 0 Å². The van der Waals surface area contributed by atoms with Crippen molar-refractivity contribution in [1.29, 1.82) is 2.86 Å². The number of aliphatic hydroxyl groups is 2. The largest absolute Gasteiger partial charge is 0.400 e. The molecule has 2 N–H and O–H groups in total. The molecule has 6 aliphatic heterocycles. The molecule has 0 amide bonds. The van der Waals surface area contributed by atoms with Gasteiger partial charge in [-0.1, -0.05) is 0 Å². The summed E-state index contributed by atoms with van der Waals surface area (Å²) in [5.74, 6) is -0.416. The average molecular weight is 1090 g/mol. The standard InChI is InChI=1S/2C22H40N2O7P2.2CH4O/c2*1-16(2)24(17(3)4)32(28-14-10-23-6)30-21-9-12-27-22(21)19-7-13-29-33(25,15-19)31-20-8-11-26-18(20)5;2*1-2/h2*16-22H,7-15H2,1-5H3;2*2H,1H3/t18-,19-,20+,21+,22-,32?,33+;18-,19-,20+,21+,22-,32?,33-;;/m11../s1/i2*5D,11T,12T;2*2T/t11-,12-,18-,19-,20+,21+,22-,32?,33+;11-,12-,18-,19-,20+,21+,22-,32?,33-;;. The second-order valence-electron chi connectivity index (χ2n) is 18.1. The van der Waals surface area contributed by atoms with Crippen LogP contribution in [0.15, 0.2) is 0 Å². The second-order valence-corrected chi connectivity index (χ2v) is 25.1. The Morgan fingerprint density at radius 2 is 0.986 bits per heavy atom. The lowest BCUT2D eigenvalue weighted by atomic mass is 9.97. The van der Waals surface area contributed by atoms with Crippen LogP contribution in [0.1, 0.15) is 116 Å². The molecule has 0 aromatic heterocycles. The van der Waals surface area contributed by atoms with Gasteiger partial charge < -0.3 is 75.0 Å². The van der Waals surface area contributed by atoms with E-state index in [0.29, 0.717) is 25.7 Å². The van der Waals surface area contributed by atoms with E-state index in [-0.39, 0.29) is 114 Å². The molecule has 24 heteroatoms. The maximum absolute atomic E-state index is 13.6. The second kappa shape index (κ2) is 33.0. The van der Waals surface area contributed by atoms with Gasteiger partial charge in [-0.15, -0.1) is 0 Å². The Balaban J connectivity index is 0.000000373. The highest BCUT2D eigenvalue weighted by Gasteiger charge is 2.48. The predicted octanol–water partition coefficient (Wildman–Crippen LogP) is 8.95. The van der Waals surface area contributed by atoms with E-state index < -0.39 is 107 Å². The molecule has 6 heterocycles. The molecular formula is C46H88N4O16P4. The molecule has 6 saturated heterocycles. The van der Waals surface area contributed by atoms with Crippen LogP contribution < -0.4 is 0 Å². The average Bonchev–Trinajstić information content (AvgIpc) is 4.12. The van der Waals surface area contributed by atoms with E-state index >= 15 is 0 Å². The fourth-order valence-electron chi connectivity index (χ4n) is 8.71. The Bertz CT molecular complexity index is 1740. The van der Waals surface area contributed by atoms with E-state index in [2.05, 4.69) is 84.6 Å². The summed E-state index contributed by atoms with van der Waals surface area (Å²) in [4.78, 5) is 6.76. The molecule has 6 fully saturated rings. The zero-order chi connectivity index (χ0) is 58.3. The van der Waals surface area contributed by atoms with Crippen molar-refractivity contribution >= 4 is 32.2 Å². The molecule has 0 aliphatic carbocycles. The van der Waals surface area contributed by atoms with Crippen molar-refractivity contribution < 1.29 is 82.7 Å². The van der Waals surface area contributed by atoms with Crippen LogP contribution in [0.2, 0.25) is 0 Å². The van der Waals surface area contributed by atoms with Crippen molar-refractivity contribution in [1.82, 2.24) is 9.34 Å². The first-order valence-corrected chi connectivity index (χ1v) is 29.8. The Hall–Kier alpha value is -0.340. The molecule has 0 radical (unpaired) electrons. The lowest BCUT2D eigenvalue weighted by Crippen LogP contribution is -2.39. The van der Waals surface area contributed by atoms with Crippen LogP contribution in [0.5, 0.6) is 0 Å². The summed E-state index contributed by atoms with van der Waals surface area (Å²) in [6, 6.07) is 0.584. The molecule has 18 atom stereocenters. The fraction of sp³-hybridized carbons (Fsp3) is 0.957. The van der Waals surface area contributed by atoms with Crippen molar-refractivity contribution in [2.45, 2.75) is 181 Å². The smallest absolute Gasteiger partial charge is 0.331 e. The summed E-state index contributed by atoms with van der Waals surface area (Å²) in [6.07, 6.45) is -1.65. The van der Waals surface area contributed by atoms with Crippen molar-refractivity contribution in [3.8, 4) is 0 Å². The first-order valence-electron chi connectivity index (χ1n) is 28.6. The van der Waals surface area contributed by atoms with Gasteiger partial charge in [0.2, 0.25) is 16.0 Å². The lowest BCUT2D eigenvalue weighted by Gasteiger charge is -2.39.